The Hall–Kier alpha value is -0.410. The summed E-state index contributed by atoms with van der Waals surface area (Å²) >= 11 is 0. The fraction of sp³-hybridized carbons (Fsp3) is 0.500. The Bertz CT molecular complexity index is 276. The second-order valence-electron chi connectivity index (χ2n) is 2.54. The quantitative estimate of drug-likeness (QED) is 0.330. The van der Waals surface area contributed by atoms with E-state index in [0.717, 1.165) is 0 Å². The van der Waals surface area contributed by atoms with Crippen LogP contribution >= 0.6 is 0 Å². The molecule has 0 aliphatic carbocycles. The van der Waals surface area contributed by atoms with Crippen LogP contribution in [-0.2, 0) is 14.4 Å². The van der Waals surface area contributed by atoms with Crippen LogP contribution in [0.2, 0.25) is 0 Å². The summed E-state index contributed by atoms with van der Waals surface area (Å²) in [5, 5.41) is 42.6. The minimum atomic E-state index is -3.22. The van der Waals surface area contributed by atoms with Gasteiger partial charge in [-0.05, 0) is 0 Å². The van der Waals surface area contributed by atoms with Gasteiger partial charge in [0.1, 0.15) is 0 Å². The van der Waals surface area contributed by atoms with E-state index in [1.54, 1.807) is 0 Å². The van der Waals surface area contributed by atoms with Crippen LogP contribution in [0.3, 0.4) is 0 Å². The number of hydrogen-bond acceptors (Lipinski definition) is 5. The molecule has 8 nitrogen and oxygen atoms in total. The third kappa shape index (κ3) is 4.31. The summed E-state index contributed by atoms with van der Waals surface area (Å²) in [6.45, 7) is 0. The average Bonchev–Trinajstić information content (AvgIpc) is 2.00. The number of hydrogen-bond donors (Lipinski definition) is 5. The van der Waals surface area contributed by atoms with E-state index in [-0.39, 0.29) is 37.7 Å². The minimum absolute atomic E-state index is 0. The molecular weight excluding hydrogens is 240 g/mol. The Morgan fingerprint density at radius 3 is 1.73 bits per heavy atom. The molecule has 0 unspecified atom stereocenters. The molecule has 0 aliphatic rings. The number of carboxylic acids is 3. The summed E-state index contributed by atoms with van der Waals surface area (Å²) in [5.74, 6) is -5.87. The first-order chi connectivity index (χ1) is 6.21. The molecule has 0 heterocycles. The number of carboxylic acid groups (broad SMARTS) is 3. The average molecular weight is 248 g/mol. The number of aliphatic hydroxyl groups is 2. The fourth-order valence-electron chi connectivity index (χ4n) is 0.724. The zero-order valence-electron chi connectivity index (χ0n) is 7.45. The van der Waals surface area contributed by atoms with Crippen LogP contribution in [-0.4, -0.2) is 92.9 Å². The summed E-state index contributed by atoms with van der Waals surface area (Å²) < 4.78 is 0. The van der Waals surface area contributed by atoms with Crippen molar-refractivity contribution in [3.05, 3.63) is 0 Å². The van der Waals surface area contributed by atoms with Gasteiger partial charge in [-0.15, -0.1) is 0 Å². The summed E-state index contributed by atoms with van der Waals surface area (Å²) in [6, 6.07) is 0. The normalized spacial score (nSPS) is 15.6. The Morgan fingerprint density at radius 1 is 1.13 bits per heavy atom. The number of aliphatic hydroxyl groups excluding tert-OH is 1. The Kier molecular flexibility index (Phi) is 7.06. The van der Waals surface area contributed by atoms with Gasteiger partial charge < -0.3 is 25.5 Å². The van der Waals surface area contributed by atoms with Crippen molar-refractivity contribution in [2.45, 2.75) is 18.1 Å². The van der Waals surface area contributed by atoms with E-state index in [0.29, 0.717) is 0 Å². The van der Waals surface area contributed by atoms with E-state index in [4.69, 9.17) is 25.5 Å². The van der Waals surface area contributed by atoms with Crippen LogP contribution in [0.5, 0.6) is 0 Å². The topological polar surface area (TPSA) is 152 Å². The van der Waals surface area contributed by atoms with Crippen molar-refractivity contribution >= 4 is 55.6 Å². The molecule has 0 rings (SSSR count). The van der Waals surface area contributed by atoms with Gasteiger partial charge in [0, 0.05) is 37.7 Å². The van der Waals surface area contributed by atoms with Gasteiger partial charge in [-0.1, -0.05) is 0 Å². The Balaban J connectivity index is 0. The molecule has 5 N–H and O–H groups in total. The van der Waals surface area contributed by atoms with E-state index in [2.05, 4.69) is 0 Å². The van der Waals surface area contributed by atoms with Crippen molar-refractivity contribution in [3.63, 3.8) is 0 Å². The summed E-state index contributed by atoms with van der Waals surface area (Å²) in [4.78, 5) is 30.7. The zero-order chi connectivity index (χ0) is 11.5. The molecule has 0 spiro atoms. The zero-order valence-corrected chi connectivity index (χ0v) is 9.66. The van der Waals surface area contributed by atoms with Gasteiger partial charge in [0.25, 0.3) is 0 Å². The fourth-order valence-corrected chi connectivity index (χ4v) is 0.724. The molecule has 0 bridgehead atoms. The third-order valence-electron chi connectivity index (χ3n) is 1.48. The van der Waals surface area contributed by atoms with Gasteiger partial charge in [0.2, 0.25) is 5.60 Å². The van der Waals surface area contributed by atoms with Crippen molar-refractivity contribution < 1.29 is 39.9 Å². The predicted octanol–water partition coefficient (Wildman–Crippen LogP) is -2.66. The van der Waals surface area contributed by atoms with Gasteiger partial charge in [-0.3, -0.25) is 4.79 Å². The second kappa shape index (κ2) is 6.23. The van der Waals surface area contributed by atoms with Crippen molar-refractivity contribution in [2.24, 2.45) is 0 Å². The molecule has 0 fully saturated rings. The number of carbonyl (C=O) groups is 3. The van der Waals surface area contributed by atoms with Gasteiger partial charge >= 0.3 is 17.9 Å². The standard InChI is InChI=1S/C6H8O8.Ca/c7-2(8)1-6(14,5(12)13)3(9)4(10)11;/h3,9,14H,1H2,(H,7,8)(H,10,11)(H,12,13);/t3-,6+;/m1./s1. The molecule has 2 atom stereocenters. The second-order valence-corrected chi connectivity index (χ2v) is 2.54. The Labute approximate surface area is 113 Å². The first kappa shape index (κ1) is 17.0. The van der Waals surface area contributed by atoms with E-state index in [1.807, 2.05) is 0 Å². The van der Waals surface area contributed by atoms with Crippen molar-refractivity contribution in [3.8, 4) is 0 Å². The van der Waals surface area contributed by atoms with Crippen LogP contribution in [0.4, 0.5) is 0 Å². The molecule has 9 heteroatoms. The molecule has 0 amide bonds. The molecule has 0 saturated carbocycles. The number of rotatable bonds is 5. The number of aliphatic carboxylic acids is 3. The molecule has 2 radical (unpaired) electrons. The third-order valence-corrected chi connectivity index (χ3v) is 1.48. The van der Waals surface area contributed by atoms with E-state index >= 15 is 0 Å². The van der Waals surface area contributed by atoms with Gasteiger partial charge in [0.05, 0.1) is 6.42 Å². The monoisotopic (exact) mass is 248 g/mol. The first-order valence-corrected chi connectivity index (χ1v) is 3.30. The van der Waals surface area contributed by atoms with Crippen molar-refractivity contribution in [1.29, 1.82) is 0 Å². The summed E-state index contributed by atoms with van der Waals surface area (Å²) in [7, 11) is 0. The van der Waals surface area contributed by atoms with Crippen LogP contribution < -0.4 is 0 Å². The van der Waals surface area contributed by atoms with Crippen LogP contribution in [0.25, 0.3) is 0 Å². The molecule has 0 aromatic heterocycles. The molecule has 0 saturated heterocycles. The predicted molar refractivity (Wildman–Crippen MR) is 44.2 cm³/mol. The van der Waals surface area contributed by atoms with Crippen LogP contribution in [0.15, 0.2) is 0 Å². The van der Waals surface area contributed by atoms with E-state index in [1.165, 1.54) is 0 Å². The van der Waals surface area contributed by atoms with Gasteiger partial charge in [-0.2, -0.15) is 0 Å². The minimum Gasteiger partial charge on any atom is -0.481 e. The molecule has 0 aromatic rings. The van der Waals surface area contributed by atoms with Crippen molar-refractivity contribution in [1.82, 2.24) is 0 Å². The van der Waals surface area contributed by atoms with E-state index < -0.39 is 36.0 Å². The van der Waals surface area contributed by atoms with Crippen molar-refractivity contribution in [2.75, 3.05) is 0 Å². The van der Waals surface area contributed by atoms with Crippen LogP contribution in [0.1, 0.15) is 6.42 Å². The van der Waals surface area contributed by atoms with Crippen LogP contribution in [0, 0.1) is 0 Å². The largest absolute Gasteiger partial charge is 0.481 e. The molecule has 0 aliphatic heterocycles. The molecule has 82 valence electrons. The first-order valence-electron chi connectivity index (χ1n) is 3.30. The Morgan fingerprint density at radius 2 is 1.53 bits per heavy atom. The van der Waals surface area contributed by atoms with Gasteiger partial charge in [-0.25, -0.2) is 9.59 Å². The SMILES string of the molecule is O=C(O)C[C@@](O)(C(=O)O)[C@H](O)C(=O)O.[Ca]. The molecule has 0 aromatic carbocycles. The summed E-state index contributed by atoms with van der Waals surface area (Å²) in [5.41, 5.74) is -3.22. The maximum atomic E-state index is 10.4. The molecule has 15 heavy (non-hydrogen) atoms. The van der Waals surface area contributed by atoms with E-state index in [9.17, 15) is 14.4 Å². The summed E-state index contributed by atoms with van der Waals surface area (Å²) in [6.07, 6.45) is -4.11. The smallest absolute Gasteiger partial charge is 0.339 e. The maximum absolute atomic E-state index is 10.4. The maximum Gasteiger partial charge on any atom is 0.339 e. The molecular formula is C6H8CaO8. The van der Waals surface area contributed by atoms with Gasteiger partial charge in [0.15, 0.2) is 6.10 Å².